The molecule has 1 aliphatic rings. The lowest BCUT2D eigenvalue weighted by molar-refractivity contribution is 0.401. The molecule has 0 radical (unpaired) electrons. The van der Waals surface area contributed by atoms with Crippen molar-refractivity contribution < 1.29 is 4.74 Å². The lowest BCUT2D eigenvalue weighted by Crippen LogP contribution is -2.47. The van der Waals surface area contributed by atoms with Gasteiger partial charge in [0, 0.05) is 0 Å². The second-order valence-corrected chi connectivity index (χ2v) is 11.3. The van der Waals surface area contributed by atoms with Crippen LogP contribution in [-0.4, -0.2) is 13.8 Å². The zero-order chi connectivity index (χ0) is 15.2. The Bertz CT molecular complexity index is 810. The van der Waals surface area contributed by atoms with E-state index in [1.54, 1.807) is 0 Å². The minimum absolute atomic E-state index is 0.270. The molecule has 3 aromatic rings. The Morgan fingerprint density at radius 3 is 2.23 bits per heavy atom. The van der Waals surface area contributed by atoms with Gasteiger partial charge in [0.05, 0.1) is 5.73 Å². The van der Waals surface area contributed by atoms with E-state index in [0.29, 0.717) is 5.73 Å². The van der Waals surface area contributed by atoms with Gasteiger partial charge in [-0.2, -0.15) is 0 Å². The van der Waals surface area contributed by atoms with E-state index in [2.05, 4.69) is 85.9 Å². The molecule has 2 heteroatoms. The molecule has 22 heavy (non-hydrogen) atoms. The molecule has 0 amide bonds. The van der Waals surface area contributed by atoms with E-state index < -0.39 is 8.07 Å². The first-order valence-electron chi connectivity index (χ1n) is 7.86. The fourth-order valence-corrected chi connectivity index (χ4v) is 6.15. The van der Waals surface area contributed by atoms with Gasteiger partial charge in [-0.05, 0) is 22.4 Å². The third kappa shape index (κ3) is 2.29. The minimum atomic E-state index is -1.58. The van der Waals surface area contributed by atoms with Crippen LogP contribution in [0.25, 0.3) is 10.8 Å². The molecule has 0 N–H and O–H groups in total. The number of ether oxygens (including phenoxy) is 1. The Balaban J connectivity index is 1.63. The molecule has 1 heterocycles. The second-order valence-electron chi connectivity index (χ2n) is 6.67. The number of rotatable bonds is 3. The molecule has 110 valence electrons. The summed E-state index contributed by atoms with van der Waals surface area (Å²) in [5.41, 5.74) is 1.70. The zero-order valence-corrected chi connectivity index (χ0v) is 14.0. The lowest BCUT2D eigenvalue weighted by atomic mass is 10.1. The van der Waals surface area contributed by atoms with Crippen LogP contribution in [-0.2, 0) is 4.74 Å². The quantitative estimate of drug-likeness (QED) is 0.515. The van der Waals surface area contributed by atoms with Crippen molar-refractivity contribution in [2.75, 3.05) is 0 Å². The van der Waals surface area contributed by atoms with Crippen molar-refractivity contribution in [2.45, 2.75) is 24.9 Å². The highest BCUT2D eigenvalue weighted by molar-refractivity contribution is 6.91. The van der Waals surface area contributed by atoms with Crippen molar-refractivity contribution in [1.82, 2.24) is 0 Å². The Hall–Kier alpha value is -1.90. The molecule has 4 rings (SSSR count). The van der Waals surface area contributed by atoms with Crippen molar-refractivity contribution in [3.8, 4) is 0 Å². The molecule has 1 fully saturated rings. The van der Waals surface area contributed by atoms with Crippen LogP contribution < -0.4 is 5.19 Å². The largest absolute Gasteiger partial charge is 0.368 e. The van der Waals surface area contributed by atoms with Crippen LogP contribution in [0.3, 0.4) is 0 Å². The van der Waals surface area contributed by atoms with E-state index in [4.69, 9.17) is 4.74 Å². The summed E-state index contributed by atoms with van der Waals surface area (Å²) in [4.78, 5) is 0. The van der Waals surface area contributed by atoms with Crippen molar-refractivity contribution in [2.24, 2.45) is 0 Å². The molecule has 0 bridgehead atoms. The monoisotopic (exact) mass is 304 g/mol. The Morgan fingerprint density at radius 2 is 1.45 bits per heavy atom. The smallest absolute Gasteiger partial charge is 0.117 e. The molecule has 1 saturated heterocycles. The Morgan fingerprint density at radius 1 is 0.773 bits per heavy atom. The maximum atomic E-state index is 6.13. The summed E-state index contributed by atoms with van der Waals surface area (Å²) in [6.45, 7) is 4.82. The Labute approximate surface area is 132 Å². The number of fused-ring (bicyclic) bond motifs is 1. The molecular weight excluding hydrogens is 284 g/mol. The van der Waals surface area contributed by atoms with Crippen LogP contribution in [0.15, 0.2) is 72.8 Å². The van der Waals surface area contributed by atoms with Gasteiger partial charge in [0.2, 0.25) is 0 Å². The molecular formula is C20H20OSi. The molecule has 3 aromatic carbocycles. The first-order valence-corrected chi connectivity index (χ1v) is 10.9. The third-order valence-electron chi connectivity index (χ3n) is 4.82. The fraction of sp³-hybridized carbons (Fsp3) is 0.200. The highest BCUT2D eigenvalue weighted by Crippen LogP contribution is 2.44. The van der Waals surface area contributed by atoms with Crippen LogP contribution in [0.5, 0.6) is 0 Å². The van der Waals surface area contributed by atoms with Gasteiger partial charge in [-0.1, -0.05) is 85.0 Å². The van der Waals surface area contributed by atoms with E-state index in [1.807, 2.05) is 0 Å². The van der Waals surface area contributed by atoms with Crippen molar-refractivity contribution >= 4 is 24.0 Å². The van der Waals surface area contributed by atoms with Gasteiger partial charge in [-0.25, -0.2) is 0 Å². The highest BCUT2D eigenvalue weighted by atomic mass is 28.3. The maximum Gasteiger partial charge on any atom is 0.117 e. The average molecular weight is 304 g/mol. The van der Waals surface area contributed by atoms with Crippen LogP contribution in [0, 0.1) is 0 Å². The van der Waals surface area contributed by atoms with E-state index in [9.17, 15) is 0 Å². The standard InChI is InChI=1S/C20H20OSi/c1-22(2,18-10-4-3-5-11-18)20-19(21-20)17-13-12-15-8-6-7-9-16(15)14-17/h3-14,19-20H,1-2H3/t19-,20+/m0/s1. The first kappa shape index (κ1) is 13.7. The summed E-state index contributed by atoms with van der Waals surface area (Å²) in [5.74, 6) is 0. The predicted octanol–water partition coefficient (Wildman–Crippen LogP) is 4.43. The molecule has 0 saturated carbocycles. The number of hydrogen-bond donors (Lipinski definition) is 0. The minimum Gasteiger partial charge on any atom is -0.368 e. The van der Waals surface area contributed by atoms with Crippen LogP contribution in [0.2, 0.25) is 13.1 Å². The summed E-state index contributed by atoms with van der Waals surface area (Å²) in [7, 11) is -1.58. The molecule has 1 nitrogen and oxygen atoms in total. The SMILES string of the molecule is C[Si](C)(c1ccccc1)[C@H]1O[C@H]1c1ccc2ccccc2c1. The molecule has 1 aliphatic heterocycles. The average Bonchev–Trinajstić information content (AvgIpc) is 3.37. The van der Waals surface area contributed by atoms with Crippen LogP contribution in [0.1, 0.15) is 11.7 Å². The maximum absolute atomic E-state index is 6.13. The Kier molecular flexibility index (Phi) is 3.17. The summed E-state index contributed by atoms with van der Waals surface area (Å²) < 4.78 is 6.13. The van der Waals surface area contributed by atoms with Gasteiger partial charge in [0.15, 0.2) is 0 Å². The highest BCUT2D eigenvalue weighted by Gasteiger charge is 2.52. The first-order chi connectivity index (χ1) is 10.7. The van der Waals surface area contributed by atoms with Crippen molar-refractivity contribution in [3.05, 3.63) is 78.4 Å². The number of benzene rings is 3. The predicted molar refractivity (Wildman–Crippen MR) is 95.1 cm³/mol. The van der Waals surface area contributed by atoms with Gasteiger partial charge in [0.1, 0.15) is 14.2 Å². The van der Waals surface area contributed by atoms with E-state index in [-0.39, 0.29) is 6.10 Å². The van der Waals surface area contributed by atoms with Crippen molar-refractivity contribution in [3.63, 3.8) is 0 Å². The van der Waals surface area contributed by atoms with Crippen LogP contribution in [0.4, 0.5) is 0 Å². The summed E-state index contributed by atoms with van der Waals surface area (Å²) in [6.07, 6.45) is 0.270. The van der Waals surface area contributed by atoms with E-state index >= 15 is 0 Å². The second kappa shape index (κ2) is 5.08. The molecule has 0 spiro atoms. The topological polar surface area (TPSA) is 12.5 Å². The molecule has 2 atom stereocenters. The summed E-state index contributed by atoms with van der Waals surface area (Å²) in [5, 5.41) is 4.07. The molecule has 0 aliphatic carbocycles. The number of epoxide rings is 1. The third-order valence-corrected chi connectivity index (χ3v) is 8.51. The number of hydrogen-bond acceptors (Lipinski definition) is 1. The zero-order valence-electron chi connectivity index (χ0n) is 13.0. The van der Waals surface area contributed by atoms with E-state index in [1.165, 1.54) is 21.5 Å². The normalized spacial score (nSPS) is 21.0. The fourth-order valence-electron chi connectivity index (χ4n) is 3.33. The van der Waals surface area contributed by atoms with Crippen LogP contribution >= 0.6 is 0 Å². The van der Waals surface area contributed by atoms with Gasteiger partial charge in [-0.3, -0.25) is 0 Å². The molecule has 0 unspecified atom stereocenters. The van der Waals surface area contributed by atoms with Gasteiger partial charge in [0.25, 0.3) is 0 Å². The summed E-state index contributed by atoms with van der Waals surface area (Å²) >= 11 is 0. The van der Waals surface area contributed by atoms with Crippen molar-refractivity contribution in [1.29, 1.82) is 0 Å². The van der Waals surface area contributed by atoms with E-state index in [0.717, 1.165) is 0 Å². The summed E-state index contributed by atoms with van der Waals surface area (Å²) in [6, 6.07) is 26.1. The van der Waals surface area contributed by atoms with Gasteiger partial charge in [-0.15, -0.1) is 0 Å². The van der Waals surface area contributed by atoms with Gasteiger partial charge < -0.3 is 4.74 Å². The lowest BCUT2D eigenvalue weighted by Gasteiger charge is -2.20. The molecule has 0 aromatic heterocycles. The van der Waals surface area contributed by atoms with Gasteiger partial charge >= 0.3 is 0 Å².